The zero-order valence-corrected chi connectivity index (χ0v) is 11.9. The van der Waals surface area contributed by atoms with Crippen LogP contribution in [0.25, 0.3) is 0 Å². The van der Waals surface area contributed by atoms with E-state index < -0.39 is 6.04 Å². The molecule has 1 unspecified atom stereocenters. The van der Waals surface area contributed by atoms with Crippen LogP contribution in [0.5, 0.6) is 0 Å². The highest BCUT2D eigenvalue weighted by Gasteiger charge is 2.11. The van der Waals surface area contributed by atoms with Crippen LogP contribution in [-0.4, -0.2) is 37.6 Å². The van der Waals surface area contributed by atoms with Crippen LogP contribution in [-0.2, 0) is 4.79 Å². The van der Waals surface area contributed by atoms with Crippen molar-refractivity contribution in [3.63, 3.8) is 0 Å². The fourth-order valence-corrected chi connectivity index (χ4v) is 1.55. The summed E-state index contributed by atoms with van der Waals surface area (Å²) in [6.45, 7) is 6.64. The van der Waals surface area contributed by atoms with Gasteiger partial charge in [-0.3, -0.25) is 4.79 Å². The lowest BCUT2D eigenvalue weighted by Crippen LogP contribution is -2.41. The van der Waals surface area contributed by atoms with Crippen molar-refractivity contribution in [3.05, 3.63) is 0 Å². The van der Waals surface area contributed by atoms with E-state index in [0.717, 1.165) is 32.2 Å². The molecule has 0 aromatic heterocycles. The number of carbonyl (C=O) groups is 1. The Kier molecular flexibility index (Phi) is 11.0. The molecule has 0 aliphatic heterocycles. The van der Waals surface area contributed by atoms with Gasteiger partial charge in [0, 0.05) is 12.6 Å². The van der Waals surface area contributed by atoms with Gasteiger partial charge in [-0.05, 0) is 52.1 Å². The molecule has 0 spiro atoms. The third-order valence-corrected chi connectivity index (χ3v) is 3.06. The number of nitrogens with one attached hydrogen (secondary N) is 2. The largest absolute Gasteiger partial charge is 0.355 e. The molecule has 0 heterocycles. The van der Waals surface area contributed by atoms with Gasteiger partial charge in [-0.2, -0.15) is 0 Å². The fourth-order valence-electron chi connectivity index (χ4n) is 1.55. The van der Waals surface area contributed by atoms with Gasteiger partial charge < -0.3 is 22.1 Å². The molecule has 0 aliphatic rings. The maximum atomic E-state index is 11.5. The lowest BCUT2D eigenvalue weighted by molar-refractivity contribution is -0.122. The molecule has 2 atom stereocenters. The van der Waals surface area contributed by atoms with Crippen LogP contribution in [0, 0.1) is 0 Å². The van der Waals surface area contributed by atoms with Crippen molar-refractivity contribution in [2.45, 2.75) is 58.0 Å². The molecule has 0 bridgehead atoms. The minimum absolute atomic E-state index is 0.0571. The minimum Gasteiger partial charge on any atom is -0.355 e. The van der Waals surface area contributed by atoms with Crippen molar-refractivity contribution in [1.29, 1.82) is 0 Å². The first-order valence-corrected chi connectivity index (χ1v) is 7.08. The van der Waals surface area contributed by atoms with Gasteiger partial charge in [0.1, 0.15) is 0 Å². The first-order valence-electron chi connectivity index (χ1n) is 7.08. The van der Waals surface area contributed by atoms with Crippen LogP contribution in [0.1, 0.15) is 46.0 Å². The molecule has 1 amide bonds. The smallest absolute Gasteiger partial charge is 0.236 e. The first-order chi connectivity index (χ1) is 8.61. The molecular formula is C13H30N4O. The highest BCUT2D eigenvalue weighted by Crippen LogP contribution is 1.94. The molecule has 6 N–H and O–H groups in total. The van der Waals surface area contributed by atoms with Crippen LogP contribution in [0.2, 0.25) is 0 Å². The van der Waals surface area contributed by atoms with E-state index in [1.807, 2.05) is 0 Å². The Labute approximate surface area is 111 Å². The molecule has 0 fully saturated rings. The van der Waals surface area contributed by atoms with Gasteiger partial charge in [-0.15, -0.1) is 0 Å². The Bertz CT molecular complexity index is 211. The van der Waals surface area contributed by atoms with E-state index in [9.17, 15) is 4.79 Å². The Morgan fingerprint density at radius 3 is 2.50 bits per heavy atom. The summed E-state index contributed by atoms with van der Waals surface area (Å²) in [5, 5.41) is 6.28. The molecule has 0 aromatic carbocycles. The van der Waals surface area contributed by atoms with Crippen molar-refractivity contribution in [1.82, 2.24) is 10.6 Å². The van der Waals surface area contributed by atoms with Gasteiger partial charge in [0.2, 0.25) is 5.91 Å². The van der Waals surface area contributed by atoms with Crippen molar-refractivity contribution < 1.29 is 4.79 Å². The fraction of sp³-hybridized carbons (Fsp3) is 0.923. The van der Waals surface area contributed by atoms with Crippen molar-refractivity contribution in [2.75, 3.05) is 19.6 Å². The number of rotatable bonds is 11. The molecular weight excluding hydrogens is 228 g/mol. The molecule has 5 nitrogen and oxygen atoms in total. The second kappa shape index (κ2) is 11.4. The Morgan fingerprint density at radius 2 is 1.89 bits per heavy atom. The molecule has 0 radical (unpaired) electrons. The number of unbranched alkanes of at least 4 members (excludes halogenated alkanes) is 1. The third-order valence-electron chi connectivity index (χ3n) is 3.06. The van der Waals surface area contributed by atoms with Gasteiger partial charge >= 0.3 is 0 Å². The van der Waals surface area contributed by atoms with Crippen LogP contribution >= 0.6 is 0 Å². The van der Waals surface area contributed by atoms with Gasteiger partial charge in [0.25, 0.3) is 0 Å². The lowest BCUT2D eigenvalue weighted by atomic mass is 10.1. The third kappa shape index (κ3) is 9.39. The van der Waals surface area contributed by atoms with E-state index in [0.29, 0.717) is 25.6 Å². The van der Waals surface area contributed by atoms with Gasteiger partial charge in [-0.25, -0.2) is 0 Å². The Hall–Kier alpha value is -0.650. The summed E-state index contributed by atoms with van der Waals surface area (Å²) in [4.78, 5) is 11.5. The molecule has 5 heteroatoms. The van der Waals surface area contributed by atoms with Gasteiger partial charge in [0.15, 0.2) is 0 Å². The molecule has 0 saturated heterocycles. The summed E-state index contributed by atoms with van der Waals surface area (Å²) in [6.07, 6.45) is 4.67. The van der Waals surface area contributed by atoms with Crippen molar-refractivity contribution in [3.8, 4) is 0 Å². The van der Waals surface area contributed by atoms with Gasteiger partial charge in [-0.1, -0.05) is 6.92 Å². The standard InChI is InChI=1S/C13H30N4O/c1-3-11(2)16-9-4-5-10-17-13(18)12(15)7-6-8-14/h11-12,16H,3-10,14-15H2,1-2H3,(H,17,18)/t11?,12-/m0/s1. The number of amides is 1. The second-order valence-electron chi connectivity index (χ2n) is 4.80. The predicted molar refractivity (Wildman–Crippen MR) is 76.3 cm³/mol. The number of hydrogen-bond donors (Lipinski definition) is 4. The molecule has 0 rings (SSSR count). The summed E-state index contributed by atoms with van der Waals surface area (Å²) >= 11 is 0. The number of hydrogen-bond acceptors (Lipinski definition) is 4. The maximum Gasteiger partial charge on any atom is 0.236 e. The van der Waals surface area contributed by atoms with Gasteiger partial charge in [0.05, 0.1) is 6.04 Å². The van der Waals surface area contributed by atoms with Crippen molar-refractivity contribution >= 4 is 5.91 Å². The van der Waals surface area contributed by atoms with Crippen LogP contribution in [0.15, 0.2) is 0 Å². The molecule has 0 aromatic rings. The summed E-state index contributed by atoms with van der Waals surface area (Å²) in [6, 6.07) is 0.163. The highest BCUT2D eigenvalue weighted by atomic mass is 16.2. The molecule has 0 saturated carbocycles. The van der Waals surface area contributed by atoms with Crippen LogP contribution in [0.3, 0.4) is 0 Å². The summed E-state index contributed by atoms with van der Waals surface area (Å²) < 4.78 is 0. The number of carbonyl (C=O) groups excluding carboxylic acids is 1. The Morgan fingerprint density at radius 1 is 1.22 bits per heavy atom. The average Bonchev–Trinajstić information content (AvgIpc) is 2.39. The monoisotopic (exact) mass is 258 g/mol. The zero-order valence-electron chi connectivity index (χ0n) is 11.9. The second-order valence-corrected chi connectivity index (χ2v) is 4.80. The van der Waals surface area contributed by atoms with E-state index in [1.54, 1.807) is 0 Å². The summed E-state index contributed by atoms with van der Waals surface area (Å²) in [7, 11) is 0. The average molecular weight is 258 g/mol. The van der Waals surface area contributed by atoms with E-state index in [-0.39, 0.29) is 5.91 Å². The van der Waals surface area contributed by atoms with Crippen LogP contribution < -0.4 is 22.1 Å². The van der Waals surface area contributed by atoms with E-state index >= 15 is 0 Å². The molecule has 0 aliphatic carbocycles. The summed E-state index contributed by atoms with van der Waals surface area (Å²) in [5.74, 6) is -0.0571. The van der Waals surface area contributed by atoms with E-state index in [1.165, 1.54) is 0 Å². The molecule has 108 valence electrons. The topological polar surface area (TPSA) is 93.2 Å². The highest BCUT2D eigenvalue weighted by molar-refractivity contribution is 5.81. The zero-order chi connectivity index (χ0) is 13.8. The Balaban J connectivity index is 3.40. The minimum atomic E-state index is -0.410. The summed E-state index contributed by atoms with van der Waals surface area (Å²) in [5.41, 5.74) is 11.1. The lowest BCUT2D eigenvalue weighted by Gasteiger charge is -2.13. The quantitative estimate of drug-likeness (QED) is 0.402. The molecule has 18 heavy (non-hydrogen) atoms. The van der Waals surface area contributed by atoms with Crippen LogP contribution in [0.4, 0.5) is 0 Å². The maximum absolute atomic E-state index is 11.5. The normalized spacial score (nSPS) is 14.2. The first kappa shape index (κ1) is 17.4. The predicted octanol–water partition coefficient (Wildman–Crippen LogP) is 0.337. The SMILES string of the molecule is CCC(C)NCCCCNC(=O)[C@@H](N)CCCN. The number of nitrogens with two attached hydrogens (primary N) is 2. The van der Waals surface area contributed by atoms with E-state index in [2.05, 4.69) is 24.5 Å². The van der Waals surface area contributed by atoms with Crippen molar-refractivity contribution in [2.24, 2.45) is 11.5 Å². The van der Waals surface area contributed by atoms with E-state index in [4.69, 9.17) is 11.5 Å².